The van der Waals surface area contributed by atoms with Crippen molar-refractivity contribution in [3.8, 4) is 0 Å². The molecular weight excluding hydrogens is 328 g/mol. The molecule has 2 aromatic rings. The van der Waals surface area contributed by atoms with Crippen molar-refractivity contribution in [3.05, 3.63) is 29.5 Å². The molecule has 0 radical (unpaired) electrons. The van der Waals surface area contributed by atoms with E-state index in [0.717, 1.165) is 28.8 Å². The molecule has 142 valence electrons. The van der Waals surface area contributed by atoms with Crippen LogP contribution in [0, 0.1) is 6.92 Å². The molecule has 1 aliphatic rings. The van der Waals surface area contributed by atoms with Crippen molar-refractivity contribution < 1.29 is 13.9 Å². The molecule has 1 heterocycles. The Hall–Kier alpha value is -2.01. The molecule has 1 saturated carbocycles. The van der Waals surface area contributed by atoms with E-state index < -0.39 is 0 Å². The molecule has 0 amide bonds. The predicted molar refractivity (Wildman–Crippen MR) is 105 cm³/mol. The largest absolute Gasteiger partial charge is 0.465 e. The highest BCUT2D eigenvalue weighted by atomic mass is 16.5. The molecule has 26 heavy (non-hydrogen) atoms. The van der Waals surface area contributed by atoms with E-state index in [0.29, 0.717) is 17.6 Å². The Bertz CT molecular complexity index is 773. The molecule has 5 nitrogen and oxygen atoms in total. The van der Waals surface area contributed by atoms with Gasteiger partial charge in [0.05, 0.1) is 18.9 Å². The van der Waals surface area contributed by atoms with Crippen LogP contribution >= 0.6 is 0 Å². The predicted octanol–water partition coefficient (Wildman–Crippen LogP) is 4.23. The number of furan rings is 1. The Morgan fingerprint density at radius 2 is 1.88 bits per heavy atom. The third kappa shape index (κ3) is 3.32. The molecule has 1 aliphatic carbocycles. The van der Waals surface area contributed by atoms with Gasteiger partial charge in [-0.25, -0.2) is 4.79 Å². The Kier molecular flexibility index (Phi) is 5.56. The van der Waals surface area contributed by atoms with Crippen molar-refractivity contribution in [1.82, 2.24) is 4.90 Å². The number of ether oxygens (including phenoxy) is 1. The lowest BCUT2D eigenvalue weighted by molar-refractivity contribution is 0.0602. The summed E-state index contributed by atoms with van der Waals surface area (Å²) in [6, 6.07) is 5.09. The standard InChI is InChI=1S/C21H30N2O3/c1-6-23(16-9-7-15(8-10-16)22(3)4)18-13-19-17(11-12-26-19)20(14(18)2)21(24)25-5/h11-13,15-16H,6-10H2,1-5H3. The monoisotopic (exact) mass is 358 g/mol. The molecule has 0 saturated heterocycles. The van der Waals surface area contributed by atoms with Crippen molar-refractivity contribution in [2.24, 2.45) is 0 Å². The molecule has 0 unspecified atom stereocenters. The average Bonchev–Trinajstić information content (AvgIpc) is 3.10. The van der Waals surface area contributed by atoms with Gasteiger partial charge in [-0.15, -0.1) is 0 Å². The van der Waals surface area contributed by atoms with Crippen LogP contribution in [0.25, 0.3) is 11.0 Å². The second kappa shape index (κ2) is 7.70. The molecule has 0 atom stereocenters. The van der Waals surface area contributed by atoms with Crippen LogP contribution in [-0.4, -0.2) is 50.7 Å². The van der Waals surface area contributed by atoms with Crippen LogP contribution in [-0.2, 0) is 4.74 Å². The number of hydrogen-bond donors (Lipinski definition) is 0. The molecule has 1 aromatic carbocycles. The van der Waals surface area contributed by atoms with Gasteiger partial charge < -0.3 is 19.0 Å². The van der Waals surface area contributed by atoms with Gasteiger partial charge in [-0.1, -0.05) is 0 Å². The van der Waals surface area contributed by atoms with Gasteiger partial charge in [-0.3, -0.25) is 0 Å². The van der Waals surface area contributed by atoms with E-state index in [2.05, 4.69) is 36.9 Å². The number of carbonyl (C=O) groups excluding carboxylic acids is 1. The first-order valence-electron chi connectivity index (χ1n) is 9.50. The van der Waals surface area contributed by atoms with E-state index in [1.54, 1.807) is 6.26 Å². The van der Waals surface area contributed by atoms with Crippen LogP contribution in [0.2, 0.25) is 0 Å². The molecule has 1 fully saturated rings. The maximum absolute atomic E-state index is 12.4. The first-order valence-corrected chi connectivity index (χ1v) is 9.50. The van der Waals surface area contributed by atoms with Gasteiger partial charge in [0.1, 0.15) is 5.58 Å². The van der Waals surface area contributed by atoms with Crippen LogP contribution in [0.5, 0.6) is 0 Å². The lowest BCUT2D eigenvalue weighted by Gasteiger charge is -2.40. The van der Waals surface area contributed by atoms with E-state index in [-0.39, 0.29) is 5.97 Å². The zero-order valence-electron chi connectivity index (χ0n) is 16.5. The minimum Gasteiger partial charge on any atom is -0.465 e. The molecular formula is C21H30N2O3. The lowest BCUT2D eigenvalue weighted by Crippen LogP contribution is -2.42. The van der Waals surface area contributed by atoms with E-state index >= 15 is 0 Å². The third-order valence-corrected chi connectivity index (χ3v) is 5.87. The van der Waals surface area contributed by atoms with Gasteiger partial charge in [0.15, 0.2) is 0 Å². The Balaban J connectivity index is 1.97. The number of rotatable bonds is 5. The summed E-state index contributed by atoms with van der Waals surface area (Å²) >= 11 is 0. The summed E-state index contributed by atoms with van der Waals surface area (Å²) in [6.07, 6.45) is 6.39. The molecule has 1 aromatic heterocycles. The summed E-state index contributed by atoms with van der Waals surface area (Å²) in [5.74, 6) is -0.303. The smallest absolute Gasteiger partial charge is 0.338 e. The summed E-state index contributed by atoms with van der Waals surface area (Å²) < 4.78 is 10.7. The Morgan fingerprint density at radius 3 is 2.46 bits per heavy atom. The van der Waals surface area contributed by atoms with Crippen molar-refractivity contribution in [2.45, 2.75) is 51.6 Å². The fourth-order valence-corrected chi connectivity index (χ4v) is 4.38. The second-order valence-corrected chi connectivity index (χ2v) is 7.43. The highest BCUT2D eigenvalue weighted by molar-refractivity contribution is 6.06. The fraction of sp³-hybridized carbons (Fsp3) is 0.571. The van der Waals surface area contributed by atoms with Crippen LogP contribution in [0.15, 0.2) is 22.8 Å². The van der Waals surface area contributed by atoms with Gasteiger partial charge in [-0.05, 0) is 65.3 Å². The van der Waals surface area contributed by atoms with Crippen LogP contribution < -0.4 is 4.90 Å². The highest BCUT2D eigenvalue weighted by Gasteiger charge is 2.29. The Morgan fingerprint density at radius 1 is 1.23 bits per heavy atom. The number of nitrogens with zero attached hydrogens (tertiary/aromatic N) is 2. The number of fused-ring (bicyclic) bond motifs is 1. The summed E-state index contributed by atoms with van der Waals surface area (Å²) in [5.41, 5.74) is 3.42. The molecule has 0 aliphatic heterocycles. The number of hydrogen-bond acceptors (Lipinski definition) is 5. The quantitative estimate of drug-likeness (QED) is 0.749. The van der Waals surface area contributed by atoms with Gasteiger partial charge in [0.2, 0.25) is 0 Å². The van der Waals surface area contributed by atoms with Crippen LogP contribution in [0.1, 0.15) is 48.5 Å². The zero-order valence-corrected chi connectivity index (χ0v) is 16.5. The molecule has 3 rings (SSSR count). The first kappa shape index (κ1) is 18.8. The minimum absolute atomic E-state index is 0.303. The maximum Gasteiger partial charge on any atom is 0.338 e. The van der Waals surface area contributed by atoms with Gasteiger partial charge in [0, 0.05) is 35.8 Å². The van der Waals surface area contributed by atoms with E-state index in [1.807, 2.05) is 13.0 Å². The van der Waals surface area contributed by atoms with Crippen molar-refractivity contribution in [1.29, 1.82) is 0 Å². The van der Waals surface area contributed by atoms with E-state index in [9.17, 15) is 4.79 Å². The van der Waals surface area contributed by atoms with Crippen molar-refractivity contribution >= 4 is 22.6 Å². The fourth-order valence-electron chi connectivity index (χ4n) is 4.38. The zero-order chi connectivity index (χ0) is 18.8. The lowest BCUT2D eigenvalue weighted by atomic mass is 9.88. The van der Waals surface area contributed by atoms with Crippen LogP contribution in [0.3, 0.4) is 0 Å². The summed E-state index contributed by atoms with van der Waals surface area (Å²) in [5, 5.41) is 0.825. The highest BCUT2D eigenvalue weighted by Crippen LogP contribution is 2.36. The van der Waals surface area contributed by atoms with Crippen molar-refractivity contribution in [2.75, 3.05) is 32.6 Å². The van der Waals surface area contributed by atoms with E-state index in [4.69, 9.17) is 9.15 Å². The number of esters is 1. The number of benzene rings is 1. The Labute approximate surface area is 155 Å². The maximum atomic E-state index is 12.4. The number of anilines is 1. The minimum atomic E-state index is -0.303. The second-order valence-electron chi connectivity index (χ2n) is 7.43. The number of carbonyl (C=O) groups is 1. The first-order chi connectivity index (χ1) is 12.5. The summed E-state index contributed by atoms with van der Waals surface area (Å²) in [7, 11) is 5.76. The summed E-state index contributed by atoms with van der Waals surface area (Å²) in [4.78, 5) is 17.2. The average molecular weight is 358 g/mol. The molecule has 0 N–H and O–H groups in total. The van der Waals surface area contributed by atoms with Crippen LogP contribution in [0.4, 0.5) is 5.69 Å². The molecule has 0 bridgehead atoms. The van der Waals surface area contributed by atoms with Crippen molar-refractivity contribution in [3.63, 3.8) is 0 Å². The SMILES string of the molecule is CCN(c1cc2occc2c(C(=O)OC)c1C)C1CCC(N(C)C)CC1. The van der Waals surface area contributed by atoms with Gasteiger partial charge in [-0.2, -0.15) is 0 Å². The van der Waals surface area contributed by atoms with E-state index in [1.165, 1.54) is 32.8 Å². The van der Waals surface area contributed by atoms with Gasteiger partial charge >= 0.3 is 5.97 Å². The topological polar surface area (TPSA) is 45.9 Å². The normalized spacial score (nSPS) is 20.5. The third-order valence-electron chi connectivity index (χ3n) is 5.87. The molecule has 0 spiro atoms. The molecule has 5 heteroatoms. The summed E-state index contributed by atoms with van der Waals surface area (Å²) in [6.45, 7) is 5.11. The number of methoxy groups -OCH3 is 1. The van der Waals surface area contributed by atoms with Gasteiger partial charge in [0.25, 0.3) is 0 Å².